The third-order valence-electron chi connectivity index (χ3n) is 5.87. The molecule has 2 saturated heterocycles. The predicted molar refractivity (Wildman–Crippen MR) is 93.2 cm³/mol. The second-order valence-electron chi connectivity index (χ2n) is 7.58. The zero-order chi connectivity index (χ0) is 16.8. The average Bonchev–Trinajstić information content (AvgIpc) is 3.06. The van der Waals surface area contributed by atoms with E-state index < -0.39 is 0 Å². The van der Waals surface area contributed by atoms with E-state index in [2.05, 4.69) is 29.0 Å². The minimum absolute atomic E-state index is 0.00558. The number of fused-ring (bicyclic) bond motifs is 2. The molecule has 4 heterocycles. The molecule has 0 N–H and O–H groups in total. The number of hydrogen-bond donors (Lipinski definition) is 0. The van der Waals surface area contributed by atoms with Gasteiger partial charge in [-0.1, -0.05) is 11.6 Å². The van der Waals surface area contributed by atoms with E-state index in [0.29, 0.717) is 22.7 Å². The summed E-state index contributed by atoms with van der Waals surface area (Å²) in [6.07, 6.45) is 3.48. The number of likely N-dealkylation sites (tertiary alicyclic amines) is 2. The van der Waals surface area contributed by atoms with Crippen molar-refractivity contribution in [1.82, 2.24) is 24.5 Å². The monoisotopic (exact) mass is 351 g/mol. The maximum absolute atomic E-state index is 13.0. The van der Waals surface area contributed by atoms with E-state index in [0.717, 1.165) is 51.4 Å². The molecule has 0 saturated carbocycles. The minimum atomic E-state index is 0.00558. The molecule has 7 heteroatoms. The zero-order valence-corrected chi connectivity index (χ0v) is 15.3. The van der Waals surface area contributed by atoms with E-state index in [1.54, 1.807) is 0 Å². The highest BCUT2D eigenvalue weighted by Gasteiger charge is 2.40. The molecule has 0 spiro atoms. The summed E-state index contributed by atoms with van der Waals surface area (Å²) in [4.78, 5) is 19.6. The van der Waals surface area contributed by atoms with Gasteiger partial charge in [-0.25, -0.2) is 0 Å². The maximum Gasteiger partial charge on any atom is 0.275 e. The fourth-order valence-electron chi connectivity index (χ4n) is 4.49. The van der Waals surface area contributed by atoms with E-state index in [1.807, 2.05) is 9.58 Å². The van der Waals surface area contributed by atoms with Crippen LogP contribution in [0.15, 0.2) is 0 Å². The first-order valence-electron chi connectivity index (χ1n) is 8.98. The van der Waals surface area contributed by atoms with E-state index in [9.17, 15) is 4.79 Å². The molecule has 2 fully saturated rings. The number of amides is 1. The number of carbonyl (C=O) groups is 1. The lowest BCUT2D eigenvalue weighted by atomic mass is 9.93. The number of rotatable bonds is 1. The third kappa shape index (κ3) is 2.74. The van der Waals surface area contributed by atoms with Crippen molar-refractivity contribution in [3.8, 4) is 0 Å². The summed E-state index contributed by atoms with van der Waals surface area (Å²) in [6, 6.07) is 0.494. The lowest BCUT2D eigenvalue weighted by Crippen LogP contribution is -2.42. The Labute approximate surface area is 148 Å². The molecule has 0 radical (unpaired) electrons. The van der Waals surface area contributed by atoms with E-state index in [-0.39, 0.29) is 5.91 Å². The van der Waals surface area contributed by atoms with Gasteiger partial charge in [0, 0.05) is 38.8 Å². The van der Waals surface area contributed by atoms with Crippen LogP contribution in [0.2, 0.25) is 5.02 Å². The summed E-state index contributed by atoms with van der Waals surface area (Å²) < 4.78 is 1.94. The van der Waals surface area contributed by atoms with Crippen molar-refractivity contribution in [2.24, 2.45) is 5.92 Å². The summed E-state index contributed by atoms with van der Waals surface area (Å²) in [6.45, 7) is 5.40. The van der Waals surface area contributed by atoms with Crippen molar-refractivity contribution in [2.75, 3.05) is 40.3 Å². The Morgan fingerprint density at radius 1 is 1.17 bits per heavy atom. The van der Waals surface area contributed by atoms with Crippen LogP contribution in [0.1, 0.15) is 35.4 Å². The molecular formula is C17H26ClN5O. The SMILES string of the molecule is CN1CCCn2nc(C(=O)N3CC4CCCN(C)C4C3)c(Cl)c2C1. The summed E-state index contributed by atoms with van der Waals surface area (Å²) in [7, 11) is 4.26. The Balaban J connectivity index is 1.56. The topological polar surface area (TPSA) is 44.6 Å². The summed E-state index contributed by atoms with van der Waals surface area (Å²) in [5, 5.41) is 5.13. The summed E-state index contributed by atoms with van der Waals surface area (Å²) >= 11 is 6.57. The van der Waals surface area contributed by atoms with Crippen LogP contribution in [0.25, 0.3) is 0 Å². The van der Waals surface area contributed by atoms with Crippen molar-refractivity contribution in [1.29, 1.82) is 0 Å². The maximum atomic E-state index is 13.0. The molecule has 1 aromatic rings. The minimum Gasteiger partial charge on any atom is -0.335 e. The van der Waals surface area contributed by atoms with Gasteiger partial charge in [0.15, 0.2) is 5.69 Å². The molecule has 2 atom stereocenters. The van der Waals surface area contributed by atoms with Gasteiger partial charge in [-0.2, -0.15) is 5.10 Å². The lowest BCUT2D eigenvalue weighted by Gasteiger charge is -2.33. The Morgan fingerprint density at radius 3 is 2.79 bits per heavy atom. The molecule has 24 heavy (non-hydrogen) atoms. The van der Waals surface area contributed by atoms with Crippen molar-refractivity contribution in [3.63, 3.8) is 0 Å². The van der Waals surface area contributed by atoms with Gasteiger partial charge in [-0.05, 0) is 45.8 Å². The molecule has 3 aliphatic heterocycles. The molecule has 132 valence electrons. The van der Waals surface area contributed by atoms with Crippen molar-refractivity contribution in [3.05, 3.63) is 16.4 Å². The molecule has 1 amide bonds. The number of likely N-dealkylation sites (N-methyl/N-ethyl adjacent to an activating group) is 1. The number of aromatic nitrogens is 2. The van der Waals surface area contributed by atoms with Crippen LogP contribution in [0.3, 0.4) is 0 Å². The number of piperidine rings is 1. The molecule has 0 bridgehead atoms. The molecular weight excluding hydrogens is 326 g/mol. The van der Waals surface area contributed by atoms with E-state index in [4.69, 9.17) is 11.6 Å². The van der Waals surface area contributed by atoms with E-state index in [1.165, 1.54) is 12.8 Å². The first-order chi connectivity index (χ1) is 11.5. The predicted octanol–water partition coefficient (Wildman–Crippen LogP) is 1.54. The molecule has 6 nitrogen and oxygen atoms in total. The van der Waals surface area contributed by atoms with Gasteiger partial charge in [0.2, 0.25) is 0 Å². The third-order valence-corrected chi connectivity index (χ3v) is 6.27. The number of nitrogens with zero attached hydrogens (tertiary/aromatic N) is 5. The summed E-state index contributed by atoms with van der Waals surface area (Å²) in [5.74, 6) is 0.601. The summed E-state index contributed by atoms with van der Waals surface area (Å²) in [5.41, 5.74) is 1.43. The van der Waals surface area contributed by atoms with Crippen LogP contribution >= 0.6 is 11.6 Å². The number of hydrogen-bond acceptors (Lipinski definition) is 4. The zero-order valence-electron chi connectivity index (χ0n) is 14.5. The van der Waals surface area contributed by atoms with E-state index >= 15 is 0 Å². The van der Waals surface area contributed by atoms with Crippen LogP contribution in [-0.2, 0) is 13.1 Å². The smallest absolute Gasteiger partial charge is 0.275 e. The Morgan fingerprint density at radius 2 is 2.00 bits per heavy atom. The van der Waals surface area contributed by atoms with Crippen LogP contribution in [-0.4, -0.2) is 76.7 Å². The second-order valence-corrected chi connectivity index (χ2v) is 7.96. The van der Waals surface area contributed by atoms with Crippen LogP contribution < -0.4 is 0 Å². The van der Waals surface area contributed by atoms with Gasteiger partial charge in [-0.15, -0.1) is 0 Å². The van der Waals surface area contributed by atoms with Gasteiger partial charge in [0.05, 0.1) is 10.7 Å². The Hall–Kier alpha value is -1.11. The molecule has 1 aromatic heterocycles. The second kappa shape index (κ2) is 6.32. The fraction of sp³-hybridized carbons (Fsp3) is 0.765. The number of halogens is 1. The highest BCUT2D eigenvalue weighted by atomic mass is 35.5. The van der Waals surface area contributed by atoms with Gasteiger partial charge in [-0.3, -0.25) is 9.48 Å². The lowest BCUT2D eigenvalue weighted by molar-refractivity contribution is 0.0774. The van der Waals surface area contributed by atoms with Crippen LogP contribution in [0.5, 0.6) is 0 Å². The molecule has 0 aliphatic carbocycles. The quantitative estimate of drug-likeness (QED) is 0.770. The molecule has 0 aromatic carbocycles. The average molecular weight is 352 g/mol. The highest BCUT2D eigenvalue weighted by Crippen LogP contribution is 2.32. The largest absolute Gasteiger partial charge is 0.335 e. The standard InChI is InChI=1S/C17H26ClN5O/c1-20-6-4-8-23-14(10-20)15(18)16(19-23)17(24)22-9-12-5-3-7-21(2)13(12)11-22/h12-13H,3-11H2,1-2H3. The molecule has 2 unspecified atom stereocenters. The fourth-order valence-corrected chi connectivity index (χ4v) is 4.77. The first kappa shape index (κ1) is 16.4. The molecule has 3 aliphatic rings. The Kier molecular flexibility index (Phi) is 4.31. The van der Waals surface area contributed by atoms with Crippen LogP contribution in [0.4, 0.5) is 0 Å². The molecule has 4 rings (SSSR count). The number of carbonyl (C=O) groups excluding carboxylic acids is 1. The van der Waals surface area contributed by atoms with Gasteiger partial charge in [0.25, 0.3) is 5.91 Å². The van der Waals surface area contributed by atoms with Gasteiger partial charge in [0.1, 0.15) is 0 Å². The van der Waals surface area contributed by atoms with Crippen molar-refractivity contribution < 1.29 is 4.79 Å². The van der Waals surface area contributed by atoms with Crippen LogP contribution in [0, 0.1) is 5.92 Å². The van der Waals surface area contributed by atoms with Crippen molar-refractivity contribution in [2.45, 2.75) is 38.4 Å². The number of aryl methyl sites for hydroxylation is 1. The van der Waals surface area contributed by atoms with Crippen molar-refractivity contribution >= 4 is 17.5 Å². The highest BCUT2D eigenvalue weighted by molar-refractivity contribution is 6.34. The van der Waals surface area contributed by atoms with Gasteiger partial charge >= 0.3 is 0 Å². The Bertz CT molecular complexity index is 645. The first-order valence-corrected chi connectivity index (χ1v) is 9.35. The normalized spacial score (nSPS) is 28.5. The van der Waals surface area contributed by atoms with Gasteiger partial charge < -0.3 is 14.7 Å².